The predicted molar refractivity (Wildman–Crippen MR) is 116 cm³/mol. The molecule has 1 aliphatic heterocycles. The molecule has 0 unspecified atom stereocenters. The second-order valence-electron chi connectivity index (χ2n) is 7.65. The van der Waals surface area contributed by atoms with E-state index in [9.17, 15) is 9.18 Å². The average Bonchev–Trinajstić information content (AvgIpc) is 3.14. The van der Waals surface area contributed by atoms with E-state index >= 15 is 0 Å². The zero-order valence-corrected chi connectivity index (χ0v) is 17.6. The highest BCUT2D eigenvalue weighted by molar-refractivity contribution is 6.42. The molecule has 2 heterocycles. The Balaban J connectivity index is 1.83. The van der Waals surface area contributed by atoms with Crippen molar-refractivity contribution in [1.82, 2.24) is 4.57 Å². The first-order valence-electron chi connectivity index (χ1n) is 9.47. The SMILES string of the molecule is CC(C)n1ccc2ccc(N[C@@]3(c4c(F)ccc(Cl)c4Cl)CCOC3)cc2c1=O. The van der Waals surface area contributed by atoms with Gasteiger partial charge in [-0.15, -0.1) is 0 Å². The van der Waals surface area contributed by atoms with Crippen LogP contribution in [-0.4, -0.2) is 17.8 Å². The lowest BCUT2D eigenvalue weighted by Crippen LogP contribution is -2.37. The topological polar surface area (TPSA) is 43.3 Å². The highest BCUT2D eigenvalue weighted by Crippen LogP contribution is 2.42. The Morgan fingerprint density at radius 3 is 2.69 bits per heavy atom. The maximum absolute atomic E-state index is 14.8. The van der Waals surface area contributed by atoms with Crippen LogP contribution < -0.4 is 10.9 Å². The van der Waals surface area contributed by atoms with Crippen LogP contribution in [0.15, 0.2) is 47.4 Å². The summed E-state index contributed by atoms with van der Waals surface area (Å²) in [6.07, 6.45) is 2.32. The standard InChI is InChI=1S/C22H21Cl2FN2O2/c1-13(2)27-9-7-14-3-4-15(11-16(14)21(27)28)26-22(8-10-29-12-22)19-18(25)6-5-17(23)20(19)24/h3-7,9,11,13,26H,8,10,12H2,1-2H3/t22-/m0/s1. The number of nitrogens with one attached hydrogen (secondary N) is 1. The fourth-order valence-electron chi connectivity index (χ4n) is 3.90. The number of rotatable bonds is 4. The molecular weight excluding hydrogens is 414 g/mol. The Morgan fingerprint density at radius 2 is 2.00 bits per heavy atom. The summed E-state index contributed by atoms with van der Waals surface area (Å²) in [6, 6.07) is 10.3. The number of benzene rings is 2. The monoisotopic (exact) mass is 434 g/mol. The Morgan fingerprint density at radius 1 is 1.21 bits per heavy atom. The van der Waals surface area contributed by atoms with Gasteiger partial charge in [0.05, 0.1) is 22.2 Å². The van der Waals surface area contributed by atoms with Crippen molar-refractivity contribution in [3.8, 4) is 0 Å². The van der Waals surface area contributed by atoms with E-state index in [0.29, 0.717) is 24.1 Å². The van der Waals surface area contributed by atoms with Gasteiger partial charge in [-0.1, -0.05) is 29.3 Å². The molecule has 3 aromatic rings. The highest BCUT2D eigenvalue weighted by Gasteiger charge is 2.41. The summed E-state index contributed by atoms with van der Waals surface area (Å²) in [5, 5.41) is 5.30. The molecule has 0 aliphatic carbocycles. The van der Waals surface area contributed by atoms with Gasteiger partial charge in [-0.25, -0.2) is 4.39 Å². The second kappa shape index (κ2) is 7.63. The Hall–Kier alpha value is -2.08. The number of aromatic nitrogens is 1. The molecule has 2 aromatic carbocycles. The van der Waals surface area contributed by atoms with E-state index in [2.05, 4.69) is 5.32 Å². The van der Waals surface area contributed by atoms with Crippen LogP contribution in [0.5, 0.6) is 0 Å². The van der Waals surface area contributed by atoms with Crippen molar-refractivity contribution in [2.24, 2.45) is 0 Å². The van der Waals surface area contributed by atoms with E-state index in [1.807, 2.05) is 32.0 Å². The molecule has 7 heteroatoms. The summed E-state index contributed by atoms with van der Waals surface area (Å²) in [6.45, 7) is 4.63. The first kappa shape index (κ1) is 20.2. The molecule has 0 bridgehead atoms. The summed E-state index contributed by atoms with van der Waals surface area (Å²) in [5.74, 6) is -0.444. The van der Waals surface area contributed by atoms with Gasteiger partial charge in [0.15, 0.2) is 0 Å². The lowest BCUT2D eigenvalue weighted by molar-refractivity contribution is 0.181. The van der Waals surface area contributed by atoms with E-state index in [-0.39, 0.29) is 33.8 Å². The molecule has 29 heavy (non-hydrogen) atoms. The fourth-order valence-corrected chi connectivity index (χ4v) is 4.40. The summed E-state index contributed by atoms with van der Waals surface area (Å²) in [4.78, 5) is 12.9. The van der Waals surface area contributed by atoms with Crippen molar-refractivity contribution in [3.63, 3.8) is 0 Å². The zero-order valence-electron chi connectivity index (χ0n) is 16.1. The third-order valence-corrected chi connectivity index (χ3v) is 6.22. The van der Waals surface area contributed by atoms with Gasteiger partial charge in [-0.3, -0.25) is 4.79 Å². The minimum absolute atomic E-state index is 0.0532. The molecule has 0 spiro atoms. The van der Waals surface area contributed by atoms with Crippen molar-refractivity contribution in [3.05, 3.63) is 74.4 Å². The predicted octanol–water partition coefficient (Wildman–Crippen LogP) is 5.76. The third kappa shape index (κ3) is 3.52. The van der Waals surface area contributed by atoms with Crippen LogP contribution in [0.2, 0.25) is 10.0 Å². The molecule has 0 saturated carbocycles. The Kier molecular flexibility index (Phi) is 5.32. The fraction of sp³-hybridized carbons (Fsp3) is 0.318. The quantitative estimate of drug-likeness (QED) is 0.531. The number of anilines is 1. The van der Waals surface area contributed by atoms with Gasteiger partial charge in [-0.2, -0.15) is 0 Å². The summed E-state index contributed by atoms with van der Waals surface area (Å²) < 4.78 is 22.1. The molecule has 1 saturated heterocycles. The van der Waals surface area contributed by atoms with Gasteiger partial charge in [0.25, 0.3) is 5.56 Å². The minimum Gasteiger partial charge on any atom is -0.379 e. The second-order valence-corrected chi connectivity index (χ2v) is 8.44. The van der Waals surface area contributed by atoms with Crippen molar-refractivity contribution < 1.29 is 9.13 Å². The normalized spacial score (nSPS) is 19.2. The number of ether oxygens (including phenoxy) is 1. The molecule has 1 N–H and O–H groups in total. The van der Waals surface area contributed by atoms with E-state index < -0.39 is 11.4 Å². The van der Waals surface area contributed by atoms with Gasteiger partial charge in [0.1, 0.15) is 5.82 Å². The van der Waals surface area contributed by atoms with E-state index in [1.165, 1.54) is 12.1 Å². The molecule has 1 aliphatic rings. The van der Waals surface area contributed by atoms with E-state index in [1.54, 1.807) is 16.8 Å². The number of nitrogens with zero attached hydrogens (tertiary/aromatic N) is 1. The molecule has 4 rings (SSSR count). The van der Waals surface area contributed by atoms with Crippen LogP contribution in [-0.2, 0) is 10.3 Å². The number of hydrogen-bond acceptors (Lipinski definition) is 3. The zero-order chi connectivity index (χ0) is 20.8. The first-order valence-corrected chi connectivity index (χ1v) is 10.2. The maximum Gasteiger partial charge on any atom is 0.258 e. The van der Waals surface area contributed by atoms with Gasteiger partial charge >= 0.3 is 0 Å². The molecule has 152 valence electrons. The molecule has 0 amide bonds. The van der Waals surface area contributed by atoms with Crippen molar-refractivity contribution in [1.29, 1.82) is 0 Å². The third-order valence-electron chi connectivity index (χ3n) is 5.42. The van der Waals surface area contributed by atoms with Crippen LogP contribution in [0, 0.1) is 5.82 Å². The molecular formula is C22H21Cl2FN2O2. The van der Waals surface area contributed by atoms with Crippen LogP contribution in [0.1, 0.15) is 31.9 Å². The summed E-state index contributed by atoms with van der Waals surface area (Å²) >= 11 is 12.6. The Labute approximate surface area is 178 Å². The smallest absolute Gasteiger partial charge is 0.258 e. The van der Waals surface area contributed by atoms with Gasteiger partial charge in [-0.05, 0) is 49.6 Å². The molecule has 1 atom stereocenters. The average molecular weight is 435 g/mol. The van der Waals surface area contributed by atoms with E-state index in [0.717, 1.165) is 5.39 Å². The molecule has 1 fully saturated rings. The number of pyridine rings is 1. The number of fused-ring (bicyclic) bond motifs is 1. The van der Waals surface area contributed by atoms with E-state index in [4.69, 9.17) is 27.9 Å². The molecule has 1 aromatic heterocycles. The van der Waals surface area contributed by atoms with Crippen LogP contribution >= 0.6 is 23.2 Å². The number of halogens is 3. The van der Waals surface area contributed by atoms with Gasteiger partial charge in [0.2, 0.25) is 0 Å². The van der Waals surface area contributed by atoms with Gasteiger partial charge in [0, 0.05) is 41.9 Å². The lowest BCUT2D eigenvalue weighted by Gasteiger charge is -2.32. The van der Waals surface area contributed by atoms with Crippen molar-refractivity contribution in [2.75, 3.05) is 18.5 Å². The molecule has 0 radical (unpaired) electrons. The maximum atomic E-state index is 14.8. The largest absolute Gasteiger partial charge is 0.379 e. The van der Waals surface area contributed by atoms with Crippen molar-refractivity contribution >= 4 is 39.7 Å². The van der Waals surface area contributed by atoms with Crippen LogP contribution in [0.25, 0.3) is 10.8 Å². The van der Waals surface area contributed by atoms with Crippen LogP contribution in [0.3, 0.4) is 0 Å². The van der Waals surface area contributed by atoms with Crippen molar-refractivity contribution in [2.45, 2.75) is 31.8 Å². The summed E-state index contributed by atoms with van der Waals surface area (Å²) in [5.41, 5.74) is 0.0461. The Bertz CT molecular complexity index is 1140. The van der Waals surface area contributed by atoms with Crippen LogP contribution in [0.4, 0.5) is 10.1 Å². The molecule has 4 nitrogen and oxygen atoms in total. The number of hydrogen-bond donors (Lipinski definition) is 1. The lowest BCUT2D eigenvalue weighted by atomic mass is 9.88. The van der Waals surface area contributed by atoms with Gasteiger partial charge < -0.3 is 14.6 Å². The highest BCUT2D eigenvalue weighted by atomic mass is 35.5. The summed E-state index contributed by atoms with van der Waals surface area (Å²) in [7, 11) is 0. The minimum atomic E-state index is -0.869. The first-order chi connectivity index (χ1) is 13.8.